The van der Waals surface area contributed by atoms with Crippen LogP contribution in [0.25, 0.3) is 0 Å². The van der Waals surface area contributed by atoms with Crippen molar-refractivity contribution in [3.63, 3.8) is 0 Å². The highest BCUT2D eigenvalue weighted by Crippen LogP contribution is 2.19. The van der Waals surface area contributed by atoms with Gasteiger partial charge in [-0.05, 0) is 31.0 Å². The first-order valence-electron chi connectivity index (χ1n) is 5.83. The van der Waals surface area contributed by atoms with E-state index in [1.807, 2.05) is 6.92 Å². The molecule has 1 rings (SSSR count). The van der Waals surface area contributed by atoms with Gasteiger partial charge < -0.3 is 20.6 Å². The molecule has 19 heavy (non-hydrogen) atoms. The first kappa shape index (κ1) is 15.0. The van der Waals surface area contributed by atoms with E-state index in [9.17, 15) is 19.8 Å². The molecular weight excluding hydrogens is 250 g/mol. The Morgan fingerprint density at radius 3 is 2.53 bits per heavy atom. The number of rotatable bonds is 5. The summed E-state index contributed by atoms with van der Waals surface area (Å²) in [4.78, 5) is 22.5. The summed E-state index contributed by atoms with van der Waals surface area (Å²) in [5, 5.41) is 30.1. The number of aromatic hydroxyl groups is 1. The number of carbonyl (C=O) groups is 2. The summed E-state index contributed by atoms with van der Waals surface area (Å²) in [6.07, 6.45) is 0.702. The molecule has 1 atom stereocenters. The van der Waals surface area contributed by atoms with E-state index in [1.165, 1.54) is 12.1 Å². The Bertz CT molecular complexity index is 496. The molecule has 0 aromatic heterocycles. The van der Waals surface area contributed by atoms with E-state index in [0.717, 1.165) is 12.5 Å². The summed E-state index contributed by atoms with van der Waals surface area (Å²) in [6.45, 7) is 2.54. The summed E-state index contributed by atoms with van der Waals surface area (Å²) in [6, 6.07) is 4.63. The average molecular weight is 267 g/mol. The van der Waals surface area contributed by atoms with Gasteiger partial charge in [-0.1, -0.05) is 13.0 Å². The lowest BCUT2D eigenvalue weighted by molar-refractivity contribution is -0.155. The van der Waals surface area contributed by atoms with Crippen LogP contribution >= 0.6 is 0 Å². The SMILES string of the molecule is CCc1ccc(O)c(C(=O)NCC(C)(O)C(=O)O)c1. The zero-order chi connectivity index (χ0) is 14.6. The maximum Gasteiger partial charge on any atom is 0.337 e. The van der Waals surface area contributed by atoms with Crippen LogP contribution in [0, 0.1) is 0 Å². The number of phenols is 1. The highest BCUT2D eigenvalue weighted by Gasteiger charge is 2.30. The molecule has 1 aromatic carbocycles. The van der Waals surface area contributed by atoms with Gasteiger partial charge in [-0.25, -0.2) is 4.79 Å². The van der Waals surface area contributed by atoms with Gasteiger partial charge in [-0.3, -0.25) is 4.79 Å². The molecule has 1 unspecified atom stereocenters. The smallest absolute Gasteiger partial charge is 0.337 e. The first-order valence-corrected chi connectivity index (χ1v) is 5.83. The second-order valence-corrected chi connectivity index (χ2v) is 4.47. The van der Waals surface area contributed by atoms with Gasteiger partial charge in [0, 0.05) is 0 Å². The van der Waals surface area contributed by atoms with E-state index in [4.69, 9.17) is 5.11 Å². The lowest BCUT2D eigenvalue weighted by Crippen LogP contribution is -2.46. The Balaban J connectivity index is 2.82. The molecule has 0 aliphatic heterocycles. The summed E-state index contributed by atoms with van der Waals surface area (Å²) >= 11 is 0. The van der Waals surface area contributed by atoms with Crippen molar-refractivity contribution in [2.45, 2.75) is 25.9 Å². The molecule has 104 valence electrons. The van der Waals surface area contributed by atoms with Crippen LogP contribution in [0.15, 0.2) is 18.2 Å². The van der Waals surface area contributed by atoms with Crippen molar-refractivity contribution in [2.75, 3.05) is 6.54 Å². The third-order valence-corrected chi connectivity index (χ3v) is 2.77. The number of carboxylic acids is 1. The molecule has 1 aromatic rings. The van der Waals surface area contributed by atoms with E-state index in [-0.39, 0.29) is 11.3 Å². The van der Waals surface area contributed by atoms with E-state index in [2.05, 4.69) is 5.32 Å². The quantitative estimate of drug-likeness (QED) is 0.622. The van der Waals surface area contributed by atoms with Gasteiger partial charge in [0.1, 0.15) is 5.75 Å². The number of aliphatic hydroxyl groups is 1. The van der Waals surface area contributed by atoms with Crippen LogP contribution in [0.3, 0.4) is 0 Å². The summed E-state index contributed by atoms with van der Waals surface area (Å²) in [5.41, 5.74) is -1.12. The number of carboxylic acid groups (broad SMARTS) is 1. The van der Waals surface area contributed by atoms with Crippen LogP contribution in [0.2, 0.25) is 0 Å². The summed E-state index contributed by atoms with van der Waals surface area (Å²) in [5.74, 6) is -2.25. The van der Waals surface area contributed by atoms with Crippen molar-refractivity contribution >= 4 is 11.9 Å². The molecule has 0 heterocycles. The third kappa shape index (κ3) is 3.69. The first-order chi connectivity index (χ1) is 8.77. The highest BCUT2D eigenvalue weighted by atomic mass is 16.4. The van der Waals surface area contributed by atoms with Crippen molar-refractivity contribution in [2.24, 2.45) is 0 Å². The average Bonchev–Trinajstić information content (AvgIpc) is 2.36. The number of hydrogen-bond acceptors (Lipinski definition) is 4. The number of nitrogens with one attached hydrogen (secondary N) is 1. The topological polar surface area (TPSA) is 107 Å². The zero-order valence-corrected chi connectivity index (χ0v) is 10.8. The Hall–Kier alpha value is -2.08. The van der Waals surface area contributed by atoms with Gasteiger partial charge in [0.15, 0.2) is 5.60 Å². The standard InChI is InChI=1S/C13H17NO5/c1-3-8-4-5-10(15)9(6-8)11(16)14-7-13(2,19)12(17)18/h4-6,15,19H,3,7H2,1-2H3,(H,14,16)(H,17,18). The zero-order valence-electron chi connectivity index (χ0n) is 10.8. The van der Waals surface area contributed by atoms with Crippen molar-refractivity contribution in [3.8, 4) is 5.75 Å². The van der Waals surface area contributed by atoms with Crippen LogP contribution in [0.5, 0.6) is 5.75 Å². The van der Waals surface area contributed by atoms with E-state index < -0.39 is 24.0 Å². The predicted molar refractivity (Wildman–Crippen MR) is 68.1 cm³/mol. The lowest BCUT2D eigenvalue weighted by Gasteiger charge is -2.18. The molecule has 0 bridgehead atoms. The molecule has 4 N–H and O–H groups in total. The Kier molecular flexibility index (Phi) is 4.50. The van der Waals surface area contributed by atoms with Crippen molar-refractivity contribution in [1.29, 1.82) is 0 Å². The molecule has 0 fully saturated rings. The van der Waals surface area contributed by atoms with Gasteiger partial charge in [0.2, 0.25) is 0 Å². The Labute approximate surface area is 110 Å². The van der Waals surface area contributed by atoms with Crippen LogP contribution in [-0.4, -0.2) is 39.3 Å². The molecule has 6 nitrogen and oxygen atoms in total. The fraction of sp³-hybridized carbons (Fsp3) is 0.385. The van der Waals surface area contributed by atoms with Crippen molar-refractivity contribution in [3.05, 3.63) is 29.3 Å². The van der Waals surface area contributed by atoms with Gasteiger partial charge in [-0.2, -0.15) is 0 Å². The normalized spacial score (nSPS) is 13.6. The molecule has 0 spiro atoms. The van der Waals surface area contributed by atoms with Gasteiger partial charge in [0.05, 0.1) is 12.1 Å². The fourth-order valence-corrected chi connectivity index (χ4v) is 1.41. The van der Waals surface area contributed by atoms with Gasteiger partial charge >= 0.3 is 5.97 Å². The molecular formula is C13H17NO5. The van der Waals surface area contributed by atoms with Gasteiger partial charge in [0.25, 0.3) is 5.91 Å². The molecule has 0 aliphatic rings. The van der Waals surface area contributed by atoms with Crippen LogP contribution in [0.1, 0.15) is 29.8 Å². The Morgan fingerprint density at radius 1 is 1.37 bits per heavy atom. The minimum atomic E-state index is -2.05. The molecule has 0 saturated carbocycles. The largest absolute Gasteiger partial charge is 0.507 e. The van der Waals surface area contributed by atoms with Crippen LogP contribution < -0.4 is 5.32 Å². The van der Waals surface area contributed by atoms with Crippen LogP contribution in [-0.2, 0) is 11.2 Å². The number of benzene rings is 1. The number of amides is 1. The van der Waals surface area contributed by atoms with Crippen molar-refractivity contribution < 1.29 is 24.9 Å². The Morgan fingerprint density at radius 2 is 2.00 bits per heavy atom. The molecule has 1 amide bonds. The summed E-state index contributed by atoms with van der Waals surface area (Å²) in [7, 11) is 0. The lowest BCUT2D eigenvalue weighted by atomic mass is 10.1. The van der Waals surface area contributed by atoms with E-state index >= 15 is 0 Å². The third-order valence-electron chi connectivity index (χ3n) is 2.77. The van der Waals surface area contributed by atoms with Crippen LogP contribution in [0.4, 0.5) is 0 Å². The van der Waals surface area contributed by atoms with Gasteiger partial charge in [-0.15, -0.1) is 0 Å². The number of phenolic OH excluding ortho intramolecular Hbond substituents is 1. The second-order valence-electron chi connectivity index (χ2n) is 4.47. The molecule has 0 radical (unpaired) electrons. The number of hydrogen-bond donors (Lipinski definition) is 4. The second kappa shape index (κ2) is 5.71. The monoisotopic (exact) mass is 267 g/mol. The maximum atomic E-state index is 11.8. The molecule has 0 saturated heterocycles. The minimum absolute atomic E-state index is 0.0561. The molecule has 0 aliphatic carbocycles. The number of aryl methyl sites for hydroxylation is 1. The maximum absolute atomic E-state index is 11.8. The minimum Gasteiger partial charge on any atom is -0.507 e. The highest BCUT2D eigenvalue weighted by molar-refractivity contribution is 5.97. The fourth-order valence-electron chi connectivity index (χ4n) is 1.41. The number of aliphatic carboxylic acids is 1. The summed E-state index contributed by atoms with van der Waals surface area (Å²) < 4.78 is 0. The number of carbonyl (C=O) groups excluding carboxylic acids is 1. The van der Waals surface area contributed by atoms with Crippen molar-refractivity contribution in [1.82, 2.24) is 5.32 Å². The molecule has 6 heteroatoms. The van der Waals surface area contributed by atoms with E-state index in [1.54, 1.807) is 6.07 Å². The predicted octanol–water partition coefficient (Wildman–Crippen LogP) is 0.520. The van der Waals surface area contributed by atoms with E-state index in [0.29, 0.717) is 6.42 Å².